The van der Waals surface area contributed by atoms with Crippen molar-refractivity contribution in [3.05, 3.63) is 54.4 Å². The molecule has 1 saturated carbocycles. The number of para-hydroxylation sites is 2. The fourth-order valence-electron chi connectivity index (χ4n) is 4.01. The molecular formula is C23H28N2O5. The van der Waals surface area contributed by atoms with E-state index in [9.17, 15) is 19.8 Å². The highest BCUT2D eigenvalue weighted by atomic mass is 16.4. The zero-order valence-corrected chi connectivity index (χ0v) is 17.0. The smallest absolute Gasteiger partial charge is 0.303 e. The summed E-state index contributed by atoms with van der Waals surface area (Å²) in [6, 6.07) is 7.62. The van der Waals surface area contributed by atoms with E-state index in [0.29, 0.717) is 25.1 Å². The van der Waals surface area contributed by atoms with Crippen LogP contribution in [-0.4, -0.2) is 42.7 Å². The lowest BCUT2D eigenvalue weighted by atomic mass is 9.90. The van der Waals surface area contributed by atoms with Crippen molar-refractivity contribution in [2.75, 3.05) is 0 Å². The summed E-state index contributed by atoms with van der Waals surface area (Å²) in [5, 5.41) is 29.6. The van der Waals surface area contributed by atoms with E-state index in [1.54, 1.807) is 12.2 Å². The summed E-state index contributed by atoms with van der Waals surface area (Å²) in [6.45, 7) is 0. The number of aryl methyl sites for hydroxylation is 1. The molecule has 160 valence electrons. The van der Waals surface area contributed by atoms with Crippen LogP contribution >= 0.6 is 0 Å². The third kappa shape index (κ3) is 5.04. The number of unbranched alkanes of at least 4 members (excludes halogenated alkanes) is 1. The Morgan fingerprint density at radius 1 is 1.33 bits per heavy atom. The number of allylic oxidation sites excluding steroid dienone is 2. The zero-order valence-electron chi connectivity index (χ0n) is 17.0. The van der Waals surface area contributed by atoms with E-state index in [1.807, 2.05) is 48.0 Å². The first kappa shape index (κ1) is 21.9. The second kappa shape index (κ2) is 9.82. The van der Waals surface area contributed by atoms with E-state index in [1.165, 1.54) is 0 Å². The summed E-state index contributed by atoms with van der Waals surface area (Å²) in [4.78, 5) is 27.3. The lowest BCUT2D eigenvalue weighted by Crippen LogP contribution is -2.18. The second-order valence-electron chi connectivity index (χ2n) is 7.76. The number of nitrogens with zero attached hydrogens (tertiary/aromatic N) is 2. The third-order valence-corrected chi connectivity index (χ3v) is 5.65. The van der Waals surface area contributed by atoms with Gasteiger partial charge in [0, 0.05) is 31.7 Å². The number of hydrogen-bond donors (Lipinski definition) is 3. The first-order valence-electron chi connectivity index (χ1n) is 10.2. The van der Waals surface area contributed by atoms with Crippen LogP contribution in [0.5, 0.6) is 0 Å². The number of aliphatic hydroxyl groups excluding tert-OH is 2. The van der Waals surface area contributed by atoms with Crippen LogP contribution in [0.15, 0.2) is 48.6 Å². The predicted molar refractivity (Wildman–Crippen MR) is 113 cm³/mol. The number of Topliss-reactive ketones (excluding diaryl/α,β-unsaturated/α-hetero) is 1. The summed E-state index contributed by atoms with van der Waals surface area (Å²) in [6.07, 6.45) is 7.28. The number of hydrogen-bond acceptors (Lipinski definition) is 5. The molecule has 7 heteroatoms. The maximum absolute atomic E-state index is 12.3. The molecule has 1 aliphatic carbocycles. The van der Waals surface area contributed by atoms with Gasteiger partial charge in [-0.05, 0) is 31.4 Å². The Morgan fingerprint density at radius 3 is 2.83 bits per heavy atom. The van der Waals surface area contributed by atoms with Gasteiger partial charge in [-0.25, -0.2) is 4.98 Å². The predicted octanol–water partition coefficient (Wildman–Crippen LogP) is 2.93. The molecule has 0 unspecified atom stereocenters. The molecular weight excluding hydrogens is 384 g/mol. The van der Waals surface area contributed by atoms with Gasteiger partial charge in [-0.2, -0.15) is 0 Å². The Balaban J connectivity index is 1.65. The molecule has 0 spiro atoms. The Hall–Kier alpha value is -2.77. The summed E-state index contributed by atoms with van der Waals surface area (Å²) < 4.78 is 1.83. The fraction of sp³-hybridized carbons (Fsp3) is 0.435. The standard InChI is InChI=1S/C23H28N2O5/c1-25-18-10-7-6-9-17(18)24-23(25)19(26)13-12-16-15(20(27)14-21(16)28)8-4-2-3-5-11-22(29)30/h2,4,6-7,9-10,12-13,15-16,19,21,26,28H,3,5,8,11,14H2,1H3,(H,29,30)/b4-2-,13-12+/t15-,16-,19-,21-/m1/s1. The largest absolute Gasteiger partial charge is 0.481 e. The Bertz CT molecular complexity index is 962. The molecule has 1 heterocycles. The van der Waals surface area contributed by atoms with Crippen molar-refractivity contribution in [1.29, 1.82) is 0 Å². The van der Waals surface area contributed by atoms with E-state index in [-0.39, 0.29) is 30.5 Å². The van der Waals surface area contributed by atoms with E-state index in [0.717, 1.165) is 11.0 Å². The number of fused-ring (bicyclic) bond motifs is 1. The fourth-order valence-corrected chi connectivity index (χ4v) is 4.01. The van der Waals surface area contributed by atoms with Crippen molar-refractivity contribution in [3.63, 3.8) is 0 Å². The van der Waals surface area contributed by atoms with Crippen LogP contribution in [0.2, 0.25) is 0 Å². The minimum Gasteiger partial charge on any atom is -0.481 e. The molecule has 0 saturated heterocycles. The van der Waals surface area contributed by atoms with Crippen LogP contribution in [0.1, 0.15) is 44.0 Å². The molecule has 1 aliphatic rings. The molecule has 4 atom stereocenters. The molecule has 2 aromatic rings. The van der Waals surface area contributed by atoms with Crippen molar-refractivity contribution >= 4 is 22.8 Å². The van der Waals surface area contributed by atoms with Crippen molar-refractivity contribution < 1.29 is 24.9 Å². The number of carbonyl (C=O) groups is 2. The van der Waals surface area contributed by atoms with Gasteiger partial charge < -0.3 is 19.9 Å². The van der Waals surface area contributed by atoms with Crippen molar-refractivity contribution in [3.8, 4) is 0 Å². The average molecular weight is 412 g/mol. The highest BCUT2D eigenvalue weighted by molar-refractivity contribution is 5.84. The van der Waals surface area contributed by atoms with Gasteiger partial charge in [0.15, 0.2) is 0 Å². The average Bonchev–Trinajstić information content (AvgIpc) is 3.18. The monoisotopic (exact) mass is 412 g/mol. The van der Waals surface area contributed by atoms with Crippen molar-refractivity contribution in [2.24, 2.45) is 18.9 Å². The quantitative estimate of drug-likeness (QED) is 0.431. The SMILES string of the molecule is Cn1c([C@H](O)/C=C/[C@H]2[C@H](O)CC(=O)[C@@H]2C/C=C\CCCC(=O)O)nc2ccccc21. The number of rotatable bonds is 9. The van der Waals surface area contributed by atoms with Gasteiger partial charge >= 0.3 is 5.97 Å². The maximum Gasteiger partial charge on any atom is 0.303 e. The van der Waals surface area contributed by atoms with Crippen LogP contribution in [0.4, 0.5) is 0 Å². The first-order chi connectivity index (χ1) is 14.4. The highest BCUT2D eigenvalue weighted by Crippen LogP contribution is 2.34. The molecule has 0 radical (unpaired) electrons. The Labute approximate surface area is 175 Å². The van der Waals surface area contributed by atoms with Gasteiger partial charge in [0.05, 0.1) is 17.1 Å². The molecule has 1 aromatic carbocycles. The van der Waals surface area contributed by atoms with Gasteiger partial charge in [-0.3, -0.25) is 9.59 Å². The number of carboxylic acids is 1. The summed E-state index contributed by atoms with van der Waals surface area (Å²) in [5.41, 5.74) is 1.71. The number of aromatic nitrogens is 2. The molecule has 0 bridgehead atoms. The van der Waals surface area contributed by atoms with Gasteiger partial charge in [0.1, 0.15) is 17.7 Å². The van der Waals surface area contributed by atoms with Crippen molar-refractivity contribution in [2.45, 2.75) is 44.3 Å². The topological polar surface area (TPSA) is 113 Å². The number of benzene rings is 1. The minimum absolute atomic E-state index is 0.00422. The zero-order chi connectivity index (χ0) is 21.7. The maximum atomic E-state index is 12.3. The molecule has 0 aliphatic heterocycles. The molecule has 3 rings (SSSR count). The number of carboxylic acid groups (broad SMARTS) is 1. The summed E-state index contributed by atoms with van der Waals surface area (Å²) in [7, 11) is 1.84. The Kier molecular flexibility index (Phi) is 7.18. The van der Waals surface area contributed by atoms with Crippen LogP contribution in [0, 0.1) is 11.8 Å². The van der Waals surface area contributed by atoms with E-state index in [2.05, 4.69) is 4.98 Å². The van der Waals surface area contributed by atoms with Gasteiger partial charge in [-0.1, -0.05) is 36.4 Å². The summed E-state index contributed by atoms with van der Waals surface area (Å²) in [5.74, 6) is -1.03. The van der Waals surface area contributed by atoms with E-state index in [4.69, 9.17) is 5.11 Å². The van der Waals surface area contributed by atoms with Gasteiger partial charge in [0.25, 0.3) is 0 Å². The lowest BCUT2D eigenvalue weighted by Gasteiger charge is -2.16. The molecule has 30 heavy (non-hydrogen) atoms. The molecule has 0 amide bonds. The van der Waals surface area contributed by atoms with Crippen molar-refractivity contribution in [1.82, 2.24) is 9.55 Å². The second-order valence-corrected chi connectivity index (χ2v) is 7.76. The number of aliphatic hydroxyl groups is 2. The number of aliphatic carboxylic acids is 1. The third-order valence-electron chi connectivity index (χ3n) is 5.65. The normalized spacial score (nSPS) is 23.2. The minimum atomic E-state index is -0.947. The Morgan fingerprint density at radius 2 is 2.10 bits per heavy atom. The van der Waals surface area contributed by atoms with E-state index >= 15 is 0 Å². The number of imidazole rings is 1. The first-order valence-corrected chi connectivity index (χ1v) is 10.2. The molecule has 1 fully saturated rings. The van der Waals surface area contributed by atoms with E-state index < -0.39 is 18.2 Å². The number of ketones is 1. The van der Waals surface area contributed by atoms with Gasteiger partial charge in [-0.15, -0.1) is 0 Å². The molecule has 1 aromatic heterocycles. The van der Waals surface area contributed by atoms with Crippen LogP contribution < -0.4 is 0 Å². The number of carbonyl (C=O) groups excluding carboxylic acids is 1. The van der Waals surface area contributed by atoms with Crippen LogP contribution in [-0.2, 0) is 16.6 Å². The van der Waals surface area contributed by atoms with Gasteiger partial charge in [0.2, 0.25) is 0 Å². The van der Waals surface area contributed by atoms with Crippen LogP contribution in [0.25, 0.3) is 11.0 Å². The summed E-state index contributed by atoms with van der Waals surface area (Å²) >= 11 is 0. The van der Waals surface area contributed by atoms with Crippen LogP contribution in [0.3, 0.4) is 0 Å². The molecule has 3 N–H and O–H groups in total. The molecule has 7 nitrogen and oxygen atoms in total. The lowest BCUT2D eigenvalue weighted by molar-refractivity contribution is -0.137. The highest BCUT2D eigenvalue weighted by Gasteiger charge is 2.39.